The number of carbonyl (C=O) groups is 1. The van der Waals surface area contributed by atoms with Gasteiger partial charge in [0.05, 0.1) is 16.2 Å². The summed E-state index contributed by atoms with van der Waals surface area (Å²) in [6, 6.07) is 4.50. The number of nitro benzene ring substituents is 1. The number of alkyl halides is 2. The van der Waals surface area contributed by atoms with Crippen LogP contribution in [0.25, 0.3) is 0 Å². The summed E-state index contributed by atoms with van der Waals surface area (Å²) in [5, 5.41) is 13.3. The number of halogens is 2. The van der Waals surface area contributed by atoms with Gasteiger partial charge in [0, 0.05) is 6.07 Å². The molecule has 1 aliphatic heterocycles. The van der Waals surface area contributed by atoms with Gasteiger partial charge in [-0.1, -0.05) is 37.9 Å². The fraction of sp³-hybridized carbons (Fsp3) is 0.125. The minimum atomic E-state index is -1.21. The van der Waals surface area contributed by atoms with Crippen molar-refractivity contribution >= 4 is 49.1 Å². The zero-order valence-corrected chi connectivity index (χ0v) is 10.3. The molecule has 0 unspecified atom stereocenters. The Bertz CT molecular complexity index is 473. The minimum absolute atomic E-state index is 0.0976. The summed E-state index contributed by atoms with van der Waals surface area (Å²) in [4.78, 5) is 21.8. The first-order valence-electron chi connectivity index (χ1n) is 3.91. The van der Waals surface area contributed by atoms with Gasteiger partial charge in [0.15, 0.2) is 3.23 Å². The predicted octanol–water partition coefficient (Wildman–Crippen LogP) is 2.49. The van der Waals surface area contributed by atoms with E-state index in [0.717, 1.165) is 0 Å². The van der Waals surface area contributed by atoms with Gasteiger partial charge in [-0.15, -0.1) is 0 Å². The standard InChI is InChI=1S/C8H4Br2N2O3/c9-8(10)6-4(11-7(8)13)2-1-3-5(6)12(14)15/h1-3H,(H,11,13). The van der Waals surface area contributed by atoms with Crippen LogP contribution in [0.15, 0.2) is 18.2 Å². The lowest BCUT2D eigenvalue weighted by Crippen LogP contribution is -2.20. The third-order valence-corrected chi connectivity index (χ3v) is 3.60. The second-order valence-corrected chi connectivity index (χ2v) is 6.43. The van der Waals surface area contributed by atoms with Crippen molar-refractivity contribution in [1.29, 1.82) is 0 Å². The van der Waals surface area contributed by atoms with Crippen LogP contribution >= 0.6 is 31.9 Å². The Kier molecular flexibility index (Phi) is 2.31. The molecule has 0 saturated heterocycles. The lowest BCUT2D eigenvalue weighted by Gasteiger charge is -2.10. The SMILES string of the molecule is O=C1Nc2cccc([N+](=O)[O-])c2C1(Br)Br. The highest BCUT2D eigenvalue weighted by molar-refractivity contribution is 9.25. The van der Waals surface area contributed by atoms with Gasteiger partial charge in [0.2, 0.25) is 0 Å². The Hall–Kier alpha value is -0.950. The Balaban J connectivity index is 2.72. The van der Waals surface area contributed by atoms with E-state index in [2.05, 4.69) is 37.2 Å². The van der Waals surface area contributed by atoms with Gasteiger partial charge in [-0.3, -0.25) is 14.9 Å². The second kappa shape index (κ2) is 3.28. The zero-order chi connectivity index (χ0) is 11.2. The van der Waals surface area contributed by atoms with Crippen LogP contribution in [0.5, 0.6) is 0 Å². The first-order chi connectivity index (χ1) is 6.94. The molecule has 1 amide bonds. The van der Waals surface area contributed by atoms with Crippen molar-refractivity contribution < 1.29 is 9.72 Å². The maximum atomic E-state index is 11.5. The summed E-state index contributed by atoms with van der Waals surface area (Å²) in [7, 11) is 0. The average molecular weight is 336 g/mol. The number of rotatable bonds is 1. The van der Waals surface area contributed by atoms with Crippen LogP contribution in [-0.4, -0.2) is 10.8 Å². The molecule has 1 heterocycles. The number of hydrogen-bond acceptors (Lipinski definition) is 3. The third-order valence-electron chi connectivity index (χ3n) is 2.09. The van der Waals surface area contributed by atoms with Crippen molar-refractivity contribution in [2.24, 2.45) is 0 Å². The molecule has 15 heavy (non-hydrogen) atoms. The highest BCUT2D eigenvalue weighted by atomic mass is 79.9. The molecule has 1 aromatic rings. The van der Waals surface area contributed by atoms with E-state index in [0.29, 0.717) is 11.3 Å². The van der Waals surface area contributed by atoms with Crippen molar-refractivity contribution in [3.63, 3.8) is 0 Å². The van der Waals surface area contributed by atoms with Crippen molar-refractivity contribution in [3.05, 3.63) is 33.9 Å². The van der Waals surface area contributed by atoms with Crippen molar-refractivity contribution in [2.75, 3.05) is 5.32 Å². The smallest absolute Gasteiger partial charge is 0.277 e. The maximum Gasteiger partial charge on any atom is 0.277 e. The van der Waals surface area contributed by atoms with E-state index in [1.807, 2.05) is 0 Å². The van der Waals surface area contributed by atoms with E-state index in [-0.39, 0.29) is 11.6 Å². The van der Waals surface area contributed by atoms with Crippen LogP contribution in [0, 0.1) is 10.1 Å². The Labute approximate surface area is 101 Å². The summed E-state index contributed by atoms with van der Waals surface area (Å²) in [5.74, 6) is -0.369. The van der Waals surface area contributed by atoms with Gasteiger partial charge in [-0.2, -0.15) is 0 Å². The van der Waals surface area contributed by atoms with E-state index >= 15 is 0 Å². The Morgan fingerprint density at radius 2 is 2.07 bits per heavy atom. The van der Waals surface area contributed by atoms with Gasteiger partial charge < -0.3 is 5.32 Å². The van der Waals surface area contributed by atoms with Crippen LogP contribution in [0.2, 0.25) is 0 Å². The summed E-state index contributed by atoms with van der Waals surface area (Å²) in [6.07, 6.45) is 0. The van der Waals surface area contributed by atoms with Gasteiger partial charge in [0.1, 0.15) is 0 Å². The molecule has 7 heteroatoms. The van der Waals surface area contributed by atoms with Gasteiger partial charge in [-0.25, -0.2) is 0 Å². The molecule has 0 aliphatic carbocycles. The van der Waals surface area contributed by atoms with Gasteiger partial charge >= 0.3 is 0 Å². The summed E-state index contributed by atoms with van der Waals surface area (Å²) < 4.78 is -1.21. The number of carbonyl (C=O) groups excluding carboxylic acids is 1. The minimum Gasteiger partial charge on any atom is -0.323 e. The monoisotopic (exact) mass is 334 g/mol. The lowest BCUT2D eigenvalue weighted by molar-refractivity contribution is -0.385. The summed E-state index contributed by atoms with van der Waals surface area (Å²) >= 11 is 6.25. The van der Waals surface area contributed by atoms with Crippen LogP contribution in [-0.2, 0) is 8.03 Å². The fourth-order valence-electron chi connectivity index (χ4n) is 1.44. The fourth-order valence-corrected chi connectivity index (χ4v) is 2.47. The maximum absolute atomic E-state index is 11.5. The molecule has 0 aromatic heterocycles. The molecule has 0 saturated carbocycles. The van der Waals surface area contributed by atoms with Crippen molar-refractivity contribution in [1.82, 2.24) is 0 Å². The number of nitrogens with zero attached hydrogens (tertiary/aromatic N) is 1. The molecule has 78 valence electrons. The van der Waals surface area contributed by atoms with E-state index in [9.17, 15) is 14.9 Å². The number of anilines is 1. The van der Waals surface area contributed by atoms with Crippen LogP contribution in [0.4, 0.5) is 11.4 Å². The van der Waals surface area contributed by atoms with Gasteiger partial charge in [-0.05, 0) is 6.07 Å². The Morgan fingerprint density at radius 1 is 1.40 bits per heavy atom. The summed E-state index contributed by atoms with van der Waals surface area (Å²) in [6.45, 7) is 0. The molecule has 1 aromatic carbocycles. The number of fused-ring (bicyclic) bond motifs is 1. The molecule has 0 atom stereocenters. The van der Waals surface area contributed by atoms with Crippen molar-refractivity contribution in [2.45, 2.75) is 3.23 Å². The topological polar surface area (TPSA) is 72.2 Å². The quantitative estimate of drug-likeness (QED) is 0.487. The number of benzene rings is 1. The molecule has 0 spiro atoms. The lowest BCUT2D eigenvalue weighted by atomic mass is 10.1. The molecule has 2 rings (SSSR count). The normalized spacial score (nSPS) is 17.1. The second-order valence-electron chi connectivity index (χ2n) is 2.99. The van der Waals surface area contributed by atoms with Gasteiger partial charge in [0.25, 0.3) is 11.6 Å². The largest absolute Gasteiger partial charge is 0.323 e. The Morgan fingerprint density at radius 3 is 2.67 bits per heavy atom. The van der Waals surface area contributed by atoms with Crippen molar-refractivity contribution in [3.8, 4) is 0 Å². The summed E-state index contributed by atoms with van der Waals surface area (Å²) in [5.41, 5.74) is 0.655. The zero-order valence-electron chi connectivity index (χ0n) is 7.16. The van der Waals surface area contributed by atoms with E-state index in [1.165, 1.54) is 12.1 Å². The molecular formula is C8H4Br2N2O3. The highest BCUT2D eigenvalue weighted by Gasteiger charge is 2.47. The number of hydrogen-bond donors (Lipinski definition) is 1. The highest BCUT2D eigenvalue weighted by Crippen LogP contribution is 2.51. The third kappa shape index (κ3) is 1.46. The first kappa shape index (κ1) is 10.6. The molecule has 5 nitrogen and oxygen atoms in total. The molecule has 0 fully saturated rings. The molecule has 1 aliphatic rings. The van der Waals surface area contributed by atoms with E-state index in [1.54, 1.807) is 6.07 Å². The number of nitrogens with one attached hydrogen (secondary N) is 1. The molecule has 0 bridgehead atoms. The van der Waals surface area contributed by atoms with E-state index in [4.69, 9.17) is 0 Å². The van der Waals surface area contributed by atoms with Crippen LogP contribution < -0.4 is 5.32 Å². The van der Waals surface area contributed by atoms with E-state index < -0.39 is 8.16 Å². The molecular weight excluding hydrogens is 332 g/mol. The first-order valence-corrected chi connectivity index (χ1v) is 5.50. The molecule has 0 radical (unpaired) electrons. The average Bonchev–Trinajstić information content (AvgIpc) is 2.38. The van der Waals surface area contributed by atoms with Crippen LogP contribution in [0.3, 0.4) is 0 Å². The predicted molar refractivity (Wildman–Crippen MR) is 61.3 cm³/mol. The molecule has 1 N–H and O–H groups in total. The van der Waals surface area contributed by atoms with Crippen LogP contribution in [0.1, 0.15) is 5.56 Å². The number of nitro groups is 1. The number of amides is 1.